The van der Waals surface area contributed by atoms with Crippen LogP contribution in [0.5, 0.6) is 0 Å². The van der Waals surface area contributed by atoms with Crippen molar-refractivity contribution in [1.82, 2.24) is 15.2 Å². The summed E-state index contributed by atoms with van der Waals surface area (Å²) in [5, 5.41) is 8.22. The SMILES string of the molecule is O=c1ccc(-c2csc(S(=O)(=O)Nc3ccc(Cl)cn3)c2)n[nH]1. The summed E-state index contributed by atoms with van der Waals surface area (Å²) in [7, 11) is -3.76. The molecule has 2 N–H and O–H groups in total. The normalized spacial score (nSPS) is 11.3. The van der Waals surface area contributed by atoms with Crippen LogP contribution in [-0.4, -0.2) is 23.6 Å². The van der Waals surface area contributed by atoms with Crippen LogP contribution in [0.3, 0.4) is 0 Å². The number of nitrogens with zero attached hydrogens (tertiary/aromatic N) is 2. The highest BCUT2D eigenvalue weighted by molar-refractivity contribution is 7.94. The van der Waals surface area contributed by atoms with Gasteiger partial charge < -0.3 is 0 Å². The van der Waals surface area contributed by atoms with Crippen LogP contribution < -0.4 is 10.3 Å². The molecule has 0 aliphatic heterocycles. The van der Waals surface area contributed by atoms with Gasteiger partial charge in [0.1, 0.15) is 10.0 Å². The summed E-state index contributed by atoms with van der Waals surface area (Å²) in [6.45, 7) is 0. The number of pyridine rings is 1. The first-order chi connectivity index (χ1) is 10.9. The molecule has 0 saturated carbocycles. The van der Waals surface area contributed by atoms with Gasteiger partial charge in [0, 0.05) is 23.2 Å². The number of anilines is 1. The molecule has 23 heavy (non-hydrogen) atoms. The molecule has 0 fully saturated rings. The summed E-state index contributed by atoms with van der Waals surface area (Å²) in [6.07, 6.45) is 1.35. The second-order valence-corrected chi connectivity index (χ2v) is 7.68. The maximum Gasteiger partial charge on any atom is 0.272 e. The Morgan fingerprint density at radius 2 is 2.04 bits per heavy atom. The fourth-order valence-electron chi connectivity index (χ4n) is 1.72. The van der Waals surface area contributed by atoms with Crippen molar-refractivity contribution < 1.29 is 8.42 Å². The maximum absolute atomic E-state index is 12.3. The molecule has 0 aliphatic carbocycles. The van der Waals surface area contributed by atoms with Gasteiger partial charge in [-0.2, -0.15) is 5.10 Å². The third-order valence-electron chi connectivity index (χ3n) is 2.78. The Balaban J connectivity index is 1.87. The number of sulfonamides is 1. The van der Waals surface area contributed by atoms with Crippen LogP contribution in [-0.2, 0) is 10.0 Å². The number of thiophene rings is 1. The highest BCUT2D eigenvalue weighted by Crippen LogP contribution is 2.28. The smallest absolute Gasteiger partial charge is 0.268 e. The van der Waals surface area contributed by atoms with Crippen LogP contribution in [0.4, 0.5) is 5.82 Å². The van der Waals surface area contributed by atoms with Crippen molar-refractivity contribution in [2.24, 2.45) is 0 Å². The van der Waals surface area contributed by atoms with Gasteiger partial charge in [0.05, 0.1) is 10.7 Å². The summed E-state index contributed by atoms with van der Waals surface area (Å²) in [6, 6.07) is 7.33. The van der Waals surface area contributed by atoms with Crippen molar-refractivity contribution in [2.45, 2.75) is 4.21 Å². The first kappa shape index (κ1) is 15.7. The van der Waals surface area contributed by atoms with Crippen LogP contribution in [0.1, 0.15) is 0 Å². The van der Waals surface area contributed by atoms with E-state index in [1.165, 1.54) is 36.5 Å². The predicted octanol–water partition coefficient (Wildman–Crippen LogP) is 2.35. The van der Waals surface area contributed by atoms with Crippen molar-refractivity contribution in [3.05, 3.63) is 57.3 Å². The number of H-pyrrole nitrogens is 1. The lowest BCUT2D eigenvalue weighted by molar-refractivity contribution is 0.603. The van der Waals surface area contributed by atoms with Crippen molar-refractivity contribution in [2.75, 3.05) is 4.72 Å². The monoisotopic (exact) mass is 368 g/mol. The molecule has 0 radical (unpaired) electrons. The zero-order chi connectivity index (χ0) is 16.4. The number of aromatic amines is 1. The van der Waals surface area contributed by atoms with Gasteiger partial charge in [-0.05, 0) is 24.3 Å². The van der Waals surface area contributed by atoms with Gasteiger partial charge in [0.25, 0.3) is 15.6 Å². The quantitative estimate of drug-likeness (QED) is 0.735. The molecule has 3 aromatic heterocycles. The Labute approximate surface area is 140 Å². The lowest BCUT2D eigenvalue weighted by Crippen LogP contribution is -2.12. The molecule has 0 aromatic carbocycles. The summed E-state index contributed by atoms with van der Waals surface area (Å²) in [4.78, 5) is 14.9. The molecule has 0 unspecified atom stereocenters. The minimum atomic E-state index is -3.76. The third kappa shape index (κ3) is 3.58. The van der Waals surface area contributed by atoms with Crippen molar-refractivity contribution >= 4 is 38.8 Å². The number of hydrogen-bond acceptors (Lipinski definition) is 6. The van der Waals surface area contributed by atoms with E-state index in [4.69, 9.17) is 11.6 Å². The lowest BCUT2D eigenvalue weighted by atomic mass is 10.2. The largest absolute Gasteiger partial charge is 0.272 e. The Morgan fingerprint density at radius 1 is 1.22 bits per heavy atom. The molecular formula is C13H9ClN4O3S2. The fraction of sp³-hybridized carbons (Fsp3) is 0. The Kier molecular flexibility index (Phi) is 4.16. The summed E-state index contributed by atoms with van der Waals surface area (Å²) in [5.74, 6) is 0.173. The average Bonchev–Trinajstić information content (AvgIpc) is 3.01. The molecule has 0 amide bonds. The molecule has 0 bridgehead atoms. The number of nitrogens with one attached hydrogen (secondary N) is 2. The molecule has 0 aliphatic rings. The van der Waals surface area contributed by atoms with Gasteiger partial charge in [-0.1, -0.05) is 11.6 Å². The van der Waals surface area contributed by atoms with Crippen LogP contribution in [0.15, 0.2) is 50.9 Å². The molecule has 0 spiro atoms. The predicted molar refractivity (Wildman–Crippen MR) is 88.2 cm³/mol. The third-order valence-corrected chi connectivity index (χ3v) is 5.80. The molecule has 7 nitrogen and oxygen atoms in total. The first-order valence-corrected chi connectivity index (χ1v) is 8.97. The molecule has 0 saturated heterocycles. The summed E-state index contributed by atoms with van der Waals surface area (Å²) < 4.78 is 27.1. The molecular weight excluding hydrogens is 360 g/mol. The molecule has 0 atom stereocenters. The van der Waals surface area contributed by atoms with Crippen LogP contribution in [0.2, 0.25) is 5.02 Å². The lowest BCUT2D eigenvalue weighted by Gasteiger charge is -2.04. The number of rotatable bonds is 4. The van der Waals surface area contributed by atoms with Gasteiger partial charge in [0.15, 0.2) is 0 Å². The Hall–Kier alpha value is -2.23. The van der Waals surface area contributed by atoms with E-state index in [0.717, 1.165) is 11.3 Å². The average molecular weight is 369 g/mol. The molecule has 3 aromatic rings. The number of halogens is 1. The van der Waals surface area contributed by atoms with Gasteiger partial charge in [-0.25, -0.2) is 18.5 Å². The minimum Gasteiger partial charge on any atom is -0.268 e. The van der Waals surface area contributed by atoms with Gasteiger partial charge in [-0.15, -0.1) is 11.3 Å². The van der Waals surface area contributed by atoms with Crippen molar-refractivity contribution in [1.29, 1.82) is 0 Å². The molecule has 3 rings (SSSR count). The van der Waals surface area contributed by atoms with E-state index in [2.05, 4.69) is 19.9 Å². The van der Waals surface area contributed by atoms with Crippen LogP contribution in [0, 0.1) is 0 Å². The second kappa shape index (κ2) is 6.11. The topological polar surface area (TPSA) is 105 Å². The summed E-state index contributed by atoms with van der Waals surface area (Å²) in [5.41, 5.74) is 0.745. The molecule has 118 valence electrons. The zero-order valence-corrected chi connectivity index (χ0v) is 13.7. The zero-order valence-electron chi connectivity index (χ0n) is 11.4. The van der Waals surface area contributed by atoms with Gasteiger partial charge >= 0.3 is 0 Å². The van der Waals surface area contributed by atoms with E-state index in [0.29, 0.717) is 16.3 Å². The molecule has 10 heteroatoms. The maximum atomic E-state index is 12.3. The fourth-order valence-corrected chi connectivity index (χ4v) is 4.01. The van der Waals surface area contributed by atoms with E-state index in [-0.39, 0.29) is 15.6 Å². The Morgan fingerprint density at radius 3 is 2.70 bits per heavy atom. The van der Waals surface area contributed by atoms with E-state index in [1.54, 1.807) is 5.38 Å². The van der Waals surface area contributed by atoms with Crippen LogP contribution >= 0.6 is 22.9 Å². The highest BCUT2D eigenvalue weighted by Gasteiger charge is 2.18. The highest BCUT2D eigenvalue weighted by atomic mass is 35.5. The van der Waals surface area contributed by atoms with E-state index >= 15 is 0 Å². The van der Waals surface area contributed by atoms with Gasteiger partial charge in [-0.3, -0.25) is 9.52 Å². The van der Waals surface area contributed by atoms with Gasteiger partial charge in [0.2, 0.25) is 0 Å². The first-order valence-electron chi connectivity index (χ1n) is 6.23. The van der Waals surface area contributed by atoms with E-state index < -0.39 is 10.0 Å². The van der Waals surface area contributed by atoms with Crippen molar-refractivity contribution in [3.63, 3.8) is 0 Å². The van der Waals surface area contributed by atoms with E-state index in [9.17, 15) is 13.2 Å². The summed E-state index contributed by atoms with van der Waals surface area (Å²) >= 11 is 6.75. The number of hydrogen-bond donors (Lipinski definition) is 2. The van der Waals surface area contributed by atoms with Crippen molar-refractivity contribution in [3.8, 4) is 11.3 Å². The number of aromatic nitrogens is 3. The minimum absolute atomic E-state index is 0.109. The standard InChI is InChI=1S/C13H9ClN4O3S2/c14-9-1-3-11(15-6-9)18-23(20,21)13-5-8(7-22-13)10-2-4-12(19)17-16-10/h1-7H,(H,15,18)(H,17,19). The second-order valence-electron chi connectivity index (χ2n) is 4.43. The van der Waals surface area contributed by atoms with Crippen LogP contribution in [0.25, 0.3) is 11.3 Å². The Bertz CT molecular complexity index is 976. The molecule has 3 heterocycles. The van der Waals surface area contributed by atoms with E-state index in [1.807, 2.05) is 0 Å².